The second-order valence-corrected chi connectivity index (χ2v) is 24.5. The number of aromatic nitrogens is 2. The number of methoxy groups -OCH3 is 1. The molecule has 4 heterocycles. The molecule has 2 aliphatic rings. The fourth-order valence-electron chi connectivity index (χ4n) is 9.31. The first-order chi connectivity index (χ1) is 27.9. The van der Waals surface area contributed by atoms with Gasteiger partial charge in [-0.15, -0.1) is 5.54 Å². The minimum absolute atomic E-state index is 0.0457. The van der Waals surface area contributed by atoms with E-state index in [-0.39, 0.29) is 35.4 Å². The molecule has 0 saturated carbocycles. The van der Waals surface area contributed by atoms with Crippen LogP contribution in [0.15, 0.2) is 30.5 Å². The Kier molecular flexibility index (Phi) is 13.8. The van der Waals surface area contributed by atoms with Gasteiger partial charge >= 0.3 is 0 Å². The van der Waals surface area contributed by atoms with Crippen LogP contribution >= 0.6 is 0 Å². The summed E-state index contributed by atoms with van der Waals surface area (Å²) in [5, 5.41) is 1.64. The molecule has 2 fully saturated rings. The molecule has 6 rings (SSSR count). The maximum atomic E-state index is 17.8. The van der Waals surface area contributed by atoms with Crippen LogP contribution in [-0.2, 0) is 35.1 Å². The van der Waals surface area contributed by atoms with Crippen molar-refractivity contribution in [3.63, 3.8) is 0 Å². The number of hydrogen-bond acceptors (Lipinski definition) is 10. The Hall–Kier alpha value is -3.71. The third-order valence-electron chi connectivity index (χ3n) is 12.1. The molecule has 1 unspecified atom stereocenters. The summed E-state index contributed by atoms with van der Waals surface area (Å²) in [5.41, 5.74) is 5.05. The standard InChI is InChI=1S/C45H59F2N3O7SSi/c1-28(2)59(29(3)4,30(5)6)21-17-34-37(46)16-15-32-22-33(55-27-53-9)23-35(41(32)34)43-42(47)40-31(7)38(25-56-58(10,51)52)49-44(36(40)24-48-43)50-19-13-18-45(8,26-50)57-39-14-11-12-20-54-39/h15-16,22-24,28-30,39H,11-14,18-20,25-27H2,1-10H3/t39?,45-/m1/s1. The molecule has 59 heavy (non-hydrogen) atoms. The molecular weight excluding hydrogens is 793 g/mol. The lowest BCUT2D eigenvalue weighted by Gasteiger charge is -2.43. The summed E-state index contributed by atoms with van der Waals surface area (Å²) in [5.74, 6) is 2.93. The highest BCUT2D eigenvalue weighted by Crippen LogP contribution is 2.43. The van der Waals surface area contributed by atoms with Crippen molar-refractivity contribution in [2.75, 3.05) is 44.8 Å². The van der Waals surface area contributed by atoms with Crippen LogP contribution in [0, 0.1) is 30.0 Å². The Bertz CT molecular complexity index is 2340. The van der Waals surface area contributed by atoms with Crippen LogP contribution in [0.25, 0.3) is 32.8 Å². The van der Waals surface area contributed by atoms with E-state index < -0.39 is 42.0 Å². The van der Waals surface area contributed by atoms with Crippen LogP contribution in [0.2, 0.25) is 16.6 Å². The van der Waals surface area contributed by atoms with Crippen LogP contribution in [-0.4, -0.2) is 78.2 Å². The first-order valence-corrected chi connectivity index (χ1v) is 24.7. The molecule has 2 saturated heterocycles. The highest BCUT2D eigenvalue weighted by atomic mass is 32.2. The number of ether oxygens (including phenoxy) is 4. The number of fused-ring (bicyclic) bond motifs is 2. The third kappa shape index (κ3) is 9.46. The van der Waals surface area contributed by atoms with Crippen LogP contribution in [0.3, 0.4) is 0 Å². The van der Waals surface area contributed by atoms with Gasteiger partial charge in [0, 0.05) is 54.7 Å². The molecule has 14 heteroatoms. The zero-order chi connectivity index (χ0) is 42.9. The molecule has 10 nitrogen and oxygen atoms in total. The Labute approximate surface area is 349 Å². The second kappa shape index (κ2) is 18.1. The number of hydrogen-bond donors (Lipinski definition) is 0. The van der Waals surface area contributed by atoms with Gasteiger partial charge in [-0.1, -0.05) is 53.5 Å². The van der Waals surface area contributed by atoms with Crippen molar-refractivity contribution in [1.29, 1.82) is 0 Å². The van der Waals surface area contributed by atoms with Gasteiger partial charge in [0.25, 0.3) is 10.1 Å². The predicted molar refractivity (Wildman–Crippen MR) is 232 cm³/mol. The summed E-state index contributed by atoms with van der Waals surface area (Å²) in [6.45, 7) is 18.2. The average molecular weight is 852 g/mol. The third-order valence-corrected chi connectivity index (χ3v) is 19.0. The van der Waals surface area contributed by atoms with Crippen molar-refractivity contribution in [1.82, 2.24) is 9.97 Å². The maximum Gasteiger partial charge on any atom is 0.264 e. The zero-order valence-electron chi connectivity index (χ0n) is 36.1. The van der Waals surface area contributed by atoms with Gasteiger partial charge in [-0.2, -0.15) is 8.42 Å². The Morgan fingerprint density at radius 3 is 2.42 bits per heavy atom. The Morgan fingerprint density at radius 1 is 1.05 bits per heavy atom. The number of rotatable bonds is 13. The van der Waals surface area contributed by atoms with Gasteiger partial charge < -0.3 is 23.8 Å². The molecular formula is C45H59F2N3O7SSi. The van der Waals surface area contributed by atoms with Crippen molar-refractivity contribution in [3.8, 4) is 28.5 Å². The van der Waals surface area contributed by atoms with E-state index in [1.807, 2.05) is 4.90 Å². The monoisotopic (exact) mass is 851 g/mol. The van der Waals surface area contributed by atoms with Crippen molar-refractivity contribution in [2.45, 2.75) is 123 Å². The van der Waals surface area contributed by atoms with Crippen molar-refractivity contribution in [2.24, 2.45) is 0 Å². The summed E-state index contributed by atoms with van der Waals surface area (Å²) in [4.78, 5) is 11.8. The summed E-state index contributed by atoms with van der Waals surface area (Å²) < 4.78 is 87.4. The first kappa shape index (κ1) is 44.8. The van der Waals surface area contributed by atoms with E-state index >= 15 is 8.78 Å². The van der Waals surface area contributed by atoms with Gasteiger partial charge in [0.1, 0.15) is 37.8 Å². The van der Waals surface area contributed by atoms with Gasteiger partial charge in [0.15, 0.2) is 18.9 Å². The van der Waals surface area contributed by atoms with E-state index in [0.717, 1.165) is 38.4 Å². The Morgan fingerprint density at radius 2 is 1.78 bits per heavy atom. The number of pyridine rings is 2. The van der Waals surface area contributed by atoms with Crippen LogP contribution in [0.1, 0.15) is 97.4 Å². The minimum Gasteiger partial charge on any atom is -0.468 e. The zero-order valence-corrected chi connectivity index (χ0v) is 37.9. The van der Waals surface area contributed by atoms with Gasteiger partial charge in [0.05, 0.1) is 23.1 Å². The molecule has 0 bridgehead atoms. The molecule has 0 radical (unpaired) electrons. The fraction of sp³-hybridized carbons (Fsp3) is 0.556. The number of nitrogens with zero attached hydrogens (tertiary/aromatic N) is 3. The number of aryl methyl sites for hydroxylation is 1. The smallest absolute Gasteiger partial charge is 0.264 e. The number of piperidine rings is 1. The molecule has 0 amide bonds. The van der Waals surface area contributed by atoms with Crippen molar-refractivity contribution in [3.05, 3.63) is 58.9 Å². The normalized spacial score (nSPS) is 19.2. The second-order valence-electron chi connectivity index (χ2n) is 17.3. The Balaban J connectivity index is 1.59. The van der Waals surface area contributed by atoms with Crippen LogP contribution < -0.4 is 9.64 Å². The highest BCUT2D eigenvalue weighted by molar-refractivity contribution is 7.85. The molecule has 4 aromatic rings. The van der Waals surface area contributed by atoms with E-state index in [1.54, 1.807) is 31.3 Å². The lowest BCUT2D eigenvalue weighted by Crippen LogP contribution is -2.50. The molecule has 0 N–H and O–H groups in total. The van der Waals surface area contributed by atoms with E-state index in [1.165, 1.54) is 13.2 Å². The van der Waals surface area contributed by atoms with E-state index in [4.69, 9.17) is 33.1 Å². The van der Waals surface area contributed by atoms with E-state index in [9.17, 15) is 8.42 Å². The summed E-state index contributed by atoms with van der Waals surface area (Å²) in [7, 11) is -4.68. The SMILES string of the molecule is COCOc1cc(-c2ncc3c(N4CCC[C@@](C)(OC5CCCCO5)C4)nc(COS(C)(=O)=O)c(C)c3c2F)c2c(C#C[Si](C(C)C)(C(C)C)C(C)C)c(F)ccc2c1. The quantitative estimate of drug-likeness (QED) is 0.0558. The van der Waals surface area contributed by atoms with Crippen molar-refractivity contribution >= 4 is 45.6 Å². The largest absolute Gasteiger partial charge is 0.468 e. The van der Waals surface area contributed by atoms with Crippen LogP contribution in [0.4, 0.5) is 14.6 Å². The van der Waals surface area contributed by atoms with Crippen LogP contribution in [0.5, 0.6) is 5.75 Å². The summed E-state index contributed by atoms with van der Waals surface area (Å²) in [6, 6.07) is 6.43. The maximum absolute atomic E-state index is 17.8. The van der Waals surface area contributed by atoms with Crippen molar-refractivity contribution < 1.29 is 40.3 Å². The van der Waals surface area contributed by atoms with Gasteiger partial charge in [-0.05, 0) is 91.7 Å². The summed E-state index contributed by atoms with van der Waals surface area (Å²) in [6.07, 6.45) is 6.65. The van der Waals surface area contributed by atoms with Gasteiger partial charge in [-0.25, -0.2) is 13.8 Å². The highest BCUT2D eigenvalue weighted by Gasteiger charge is 2.42. The molecule has 2 aromatic heterocycles. The summed E-state index contributed by atoms with van der Waals surface area (Å²) >= 11 is 0. The number of benzene rings is 2. The molecule has 0 spiro atoms. The number of anilines is 1. The molecule has 320 valence electrons. The van der Waals surface area contributed by atoms with E-state index in [2.05, 4.69) is 59.9 Å². The van der Waals surface area contributed by atoms with Gasteiger partial charge in [0.2, 0.25) is 0 Å². The predicted octanol–water partition coefficient (Wildman–Crippen LogP) is 9.97. The molecule has 2 aliphatic heterocycles. The fourth-order valence-corrected chi connectivity index (χ4v) is 14.8. The number of halogens is 2. The molecule has 2 aromatic carbocycles. The topological polar surface area (TPSA) is 109 Å². The molecule has 0 aliphatic carbocycles. The average Bonchev–Trinajstić information content (AvgIpc) is 3.17. The lowest BCUT2D eigenvalue weighted by atomic mass is 9.93. The molecule has 2 atom stereocenters. The lowest BCUT2D eigenvalue weighted by molar-refractivity contribution is -0.221. The van der Waals surface area contributed by atoms with Gasteiger partial charge in [-0.3, -0.25) is 9.17 Å². The van der Waals surface area contributed by atoms with E-state index in [0.29, 0.717) is 75.2 Å². The minimum atomic E-state index is -3.87. The first-order valence-electron chi connectivity index (χ1n) is 20.7.